The summed E-state index contributed by atoms with van der Waals surface area (Å²) in [6.07, 6.45) is 9.35. The summed E-state index contributed by atoms with van der Waals surface area (Å²) in [6, 6.07) is 14.3. The number of nitrogens with zero attached hydrogens (tertiary/aromatic N) is 4. The van der Waals surface area contributed by atoms with Gasteiger partial charge in [-0.05, 0) is 61.1 Å². The van der Waals surface area contributed by atoms with Crippen LogP contribution in [-0.4, -0.2) is 84.1 Å². The van der Waals surface area contributed by atoms with Gasteiger partial charge in [0.1, 0.15) is 0 Å². The number of rotatable bonds is 7. The smallest absolute Gasteiger partial charge is 0.256 e. The number of nitrogens with one attached hydrogen (secondary N) is 2. The van der Waals surface area contributed by atoms with Gasteiger partial charge in [-0.2, -0.15) is 0 Å². The molecule has 2 aromatic carbocycles. The standard InChI is InChI=1S/C32H32N6O4/c39-29(15-21-13-23-17-35-27-9-3-1-7-25(27)31(41)37(23)19-21)33-11-5-6-12-34-30(40)16-22-14-24-18-36-28-10-4-2-8-26(28)32(42)38(24)20-22/h1-4,7-10,15-18,23-24H,5-6,11-14,19-20H2,(H,33,39)(H,34,40)/b21-15+,22-16+/t23-,24-/m0/s1. The molecule has 2 aromatic rings. The molecule has 0 radical (unpaired) electrons. The van der Waals surface area contributed by atoms with Crippen LogP contribution in [0.1, 0.15) is 46.4 Å². The van der Waals surface area contributed by atoms with Crippen molar-refractivity contribution in [1.82, 2.24) is 20.4 Å². The topological polar surface area (TPSA) is 124 Å². The van der Waals surface area contributed by atoms with Crippen LogP contribution in [0.5, 0.6) is 0 Å². The summed E-state index contributed by atoms with van der Waals surface area (Å²) in [5.74, 6) is -0.505. The molecule has 4 aliphatic rings. The van der Waals surface area contributed by atoms with E-state index in [4.69, 9.17) is 0 Å². The van der Waals surface area contributed by atoms with Gasteiger partial charge in [0, 0.05) is 50.8 Å². The average Bonchev–Trinajstić information content (AvgIpc) is 3.53. The summed E-state index contributed by atoms with van der Waals surface area (Å²) in [7, 11) is 0. The number of amides is 4. The second kappa shape index (κ2) is 11.9. The summed E-state index contributed by atoms with van der Waals surface area (Å²) in [6.45, 7) is 1.79. The minimum Gasteiger partial charge on any atom is -0.353 e. The Balaban J connectivity index is 0.906. The number of unbranched alkanes of at least 4 members (excludes halogenated alkanes) is 1. The molecule has 4 heterocycles. The number of hydrogen-bond acceptors (Lipinski definition) is 6. The van der Waals surface area contributed by atoms with Crippen LogP contribution in [0, 0.1) is 0 Å². The Morgan fingerprint density at radius 2 is 1.14 bits per heavy atom. The lowest BCUT2D eigenvalue weighted by molar-refractivity contribution is -0.117. The van der Waals surface area contributed by atoms with Crippen molar-refractivity contribution < 1.29 is 19.2 Å². The first-order valence-electron chi connectivity index (χ1n) is 14.3. The predicted molar refractivity (Wildman–Crippen MR) is 159 cm³/mol. The molecule has 4 aliphatic heterocycles. The number of aliphatic imine (C=N–C) groups is 2. The van der Waals surface area contributed by atoms with E-state index >= 15 is 0 Å². The number of para-hydroxylation sites is 2. The highest BCUT2D eigenvalue weighted by Crippen LogP contribution is 2.31. The minimum atomic E-state index is -0.185. The predicted octanol–water partition coefficient (Wildman–Crippen LogP) is 3.11. The summed E-state index contributed by atoms with van der Waals surface area (Å²) in [5.41, 5.74) is 4.30. The highest BCUT2D eigenvalue weighted by atomic mass is 16.2. The Hall–Kier alpha value is -4.86. The Labute approximate surface area is 243 Å². The fourth-order valence-electron chi connectivity index (χ4n) is 5.80. The van der Waals surface area contributed by atoms with Crippen LogP contribution < -0.4 is 10.6 Å². The molecule has 214 valence electrons. The molecular formula is C32H32N6O4. The van der Waals surface area contributed by atoms with E-state index in [1.807, 2.05) is 36.4 Å². The Morgan fingerprint density at radius 1 is 0.714 bits per heavy atom. The van der Waals surface area contributed by atoms with E-state index in [-0.39, 0.29) is 35.7 Å². The Kier molecular flexibility index (Phi) is 7.76. The zero-order valence-corrected chi connectivity index (χ0v) is 23.2. The van der Waals surface area contributed by atoms with Crippen molar-refractivity contribution in [2.75, 3.05) is 26.2 Å². The van der Waals surface area contributed by atoms with Gasteiger partial charge in [-0.3, -0.25) is 29.2 Å². The van der Waals surface area contributed by atoms with Crippen molar-refractivity contribution in [3.8, 4) is 0 Å². The molecule has 42 heavy (non-hydrogen) atoms. The van der Waals surface area contributed by atoms with E-state index in [1.54, 1.807) is 46.5 Å². The maximum absolute atomic E-state index is 13.0. The lowest BCUT2D eigenvalue weighted by Gasteiger charge is -2.19. The van der Waals surface area contributed by atoms with Crippen molar-refractivity contribution in [3.63, 3.8) is 0 Å². The molecule has 0 saturated carbocycles. The molecule has 0 aliphatic carbocycles. The van der Waals surface area contributed by atoms with Crippen LogP contribution in [0.25, 0.3) is 0 Å². The third kappa shape index (κ3) is 5.79. The lowest BCUT2D eigenvalue weighted by Crippen LogP contribution is -2.35. The Bertz CT molecular complexity index is 1440. The first-order valence-corrected chi connectivity index (χ1v) is 14.3. The van der Waals surface area contributed by atoms with Crippen molar-refractivity contribution >= 4 is 47.4 Å². The number of fused-ring (bicyclic) bond motifs is 4. The lowest BCUT2D eigenvalue weighted by atomic mass is 10.1. The third-order valence-electron chi connectivity index (χ3n) is 7.92. The maximum atomic E-state index is 13.0. The van der Waals surface area contributed by atoms with Gasteiger partial charge in [-0.1, -0.05) is 24.3 Å². The molecule has 10 heteroatoms. The van der Waals surface area contributed by atoms with Gasteiger partial charge >= 0.3 is 0 Å². The number of hydrogen-bond donors (Lipinski definition) is 2. The highest BCUT2D eigenvalue weighted by molar-refractivity contribution is 6.04. The fraction of sp³-hybridized carbons (Fsp3) is 0.312. The third-order valence-corrected chi connectivity index (χ3v) is 7.92. The normalized spacial score (nSPS) is 22.4. The van der Waals surface area contributed by atoms with Crippen molar-refractivity contribution in [3.05, 3.63) is 83.0 Å². The molecule has 0 aromatic heterocycles. The van der Waals surface area contributed by atoms with Crippen LogP contribution in [0.15, 0.2) is 81.8 Å². The maximum Gasteiger partial charge on any atom is 0.256 e. The molecule has 0 spiro atoms. The molecule has 2 saturated heterocycles. The number of benzene rings is 2. The highest BCUT2D eigenvalue weighted by Gasteiger charge is 2.35. The summed E-state index contributed by atoms with van der Waals surface area (Å²) >= 11 is 0. The van der Waals surface area contributed by atoms with Crippen LogP contribution >= 0.6 is 0 Å². The zero-order chi connectivity index (χ0) is 29.1. The van der Waals surface area contributed by atoms with Gasteiger partial charge in [0.05, 0.1) is 34.6 Å². The molecule has 2 N–H and O–H groups in total. The molecule has 0 unspecified atom stereocenters. The summed E-state index contributed by atoms with van der Waals surface area (Å²) in [4.78, 5) is 63.3. The van der Waals surface area contributed by atoms with Crippen molar-refractivity contribution in [2.45, 2.75) is 37.8 Å². The van der Waals surface area contributed by atoms with Crippen LogP contribution in [0.2, 0.25) is 0 Å². The van der Waals surface area contributed by atoms with Gasteiger partial charge in [-0.25, -0.2) is 0 Å². The molecule has 6 rings (SSSR count). The number of carbonyl (C=O) groups is 4. The molecule has 10 nitrogen and oxygen atoms in total. The van der Waals surface area contributed by atoms with Gasteiger partial charge < -0.3 is 20.4 Å². The van der Waals surface area contributed by atoms with Crippen LogP contribution in [0.4, 0.5) is 11.4 Å². The Morgan fingerprint density at radius 3 is 1.60 bits per heavy atom. The number of carbonyl (C=O) groups excluding carboxylic acids is 4. The van der Waals surface area contributed by atoms with E-state index in [1.165, 1.54) is 0 Å². The second-order valence-corrected chi connectivity index (χ2v) is 10.9. The molecule has 0 bridgehead atoms. The summed E-state index contributed by atoms with van der Waals surface area (Å²) < 4.78 is 0. The quantitative estimate of drug-likeness (QED) is 0.396. The first kappa shape index (κ1) is 27.3. The van der Waals surface area contributed by atoms with Gasteiger partial charge in [0.2, 0.25) is 11.8 Å². The van der Waals surface area contributed by atoms with Crippen molar-refractivity contribution in [2.24, 2.45) is 9.98 Å². The zero-order valence-electron chi connectivity index (χ0n) is 23.2. The molecule has 2 fully saturated rings. The van der Waals surface area contributed by atoms with Crippen LogP contribution in [0.3, 0.4) is 0 Å². The largest absolute Gasteiger partial charge is 0.353 e. The van der Waals surface area contributed by atoms with E-state index in [9.17, 15) is 19.2 Å². The minimum absolute atomic E-state index is 0.0676. The average molecular weight is 565 g/mol. The first-order chi connectivity index (χ1) is 20.5. The SMILES string of the molecule is O=C(/C=C1\C[C@H]2C=Nc3ccccc3C(=O)N2C1)NCCCCNC(=O)/C=C1\C[C@H]2C=Nc3ccccc3C(=O)N2C1. The monoisotopic (exact) mass is 564 g/mol. The molecular weight excluding hydrogens is 532 g/mol. The van der Waals surface area contributed by atoms with Gasteiger partial charge in [-0.15, -0.1) is 0 Å². The molecule has 2 atom stereocenters. The van der Waals surface area contributed by atoms with Crippen LogP contribution in [-0.2, 0) is 9.59 Å². The second-order valence-electron chi connectivity index (χ2n) is 10.9. The van der Waals surface area contributed by atoms with E-state index in [0.717, 1.165) is 11.1 Å². The van der Waals surface area contributed by atoms with Gasteiger partial charge in [0.25, 0.3) is 11.8 Å². The molecule has 4 amide bonds. The fourth-order valence-corrected chi connectivity index (χ4v) is 5.80. The summed E-state index contributed by atoms with van der Waals surface area (Å²) in [5, 5.41) is 5.79. The van der Waals surface area contributed by atoms with E-state index in [0.29, 0.717) is 74.4 Å². The van der Waals surface area contributed by atoms with E-state index < -0.39 is 0 Å². The van der Waals surface area contributed by atoms with Crippen molar-refractivity contribution in [1.29, 1.82) is 0 Å². The van der Waals surface area contributed by atoms with Gasteiger partial charge in [0.15, 0.2) is 0 Å². The van der Waals surface area contributed by atoms with E-state index in [2.05, 4.69) is 20.6 Å².